The van der Waals surface area contributed by atoms with Crippen LogP contribution >= 0.6 is 23.2 Å². The summed E-state index contributed by atoms with van der Waals surface area (Å²) in [6.07, 6.45) is 5.19. The molecule has 0 unspecified atom stereocenters. The molecule has 6 heteroatoms. The van der Waals surface area contributed by atoms with Gasteiger partial charge in [0.15, 0.2) is 0 Å². The van der Waals surface area contributed by atoms with Crippen LogP contribution in [0.3, 0.4) is 0 Å². The molecule has 0 spiro atoms. The number of benzene rings is 2. The van der Waals surface area contributed by atoms with Gasteiger partial charge in [-0.25, -0.2) is 9.79 Å². The monoisotopic (exact) mass is 396 g/mol. The highest BCUT2D eigenvalue weighted by Crippen LogP contribution is 2.36. The van der Waals surface area contributed by atoms with Crippen LogP contribution in [0.15, 0.2) is 83.1 Å². The Morgan fingerprint density at radius 3 is 2.56 bits per heavy atom. The summed E-state index contributed by atoms with van der Waals surface area (Å²) in [4.78, 5) is 18.0. The molecule has 0 fully saturated rings. The molecule has 2 aromatic rings. The van der Waals surface area contributed by atoms with Crippen LogP contribution in [0.1, 0.15) is 11.1 Å². The normalized spacial score (nSPS) is 16.0. The summed E-state index contributed by atoms with van der Waals surface area (Å²) in [6.45, 7) is 0.393. The maximum atomic E-state index is 11.4. The number of carboxylic acids is 1. The van der Waals surface area contributed by atoms with Crippen molar-refractivity contribution >= 4 is 40.6 Å². The molecule has 27 heavy (non-hydrogen) atoms. The molecular weight excluding hydrogens is 383 g/mol. The van der Waals surface area contributed by atoms with Crippen molar-refractivity contribution in [2.75, 3.05) is 6.54 Å². The number of nitrogens with zero attached hydrogens (tertiary/aromatic N) is 2. The van der Waals surface area contributed by atoms with Gasteiger partial charge in [-0.05, 0) is 30.4 Å². The van der Waals surface area contributed by atoms with Gasteiger partial charge in [-0.3, -0.25) is 0 Å². The van der Waals surface area contributed by atoms with E-state index < -0.39 is 5.97 Å². The molecule has 0 amide bonds. The minimum Gasteiger partial charge on any atom is -0.478 e. The fourth-order valence-electron chi connectivity index (χ4n) is 3.06. The van der Waals surface area contributed by atoms with Gasteiger partial charge >= 0.3 is 5.97 Å². The number of carboxylic acid groups (broad SMARTS) is 1. The van der Waals surface area contributed by atoms with Crippen molar-refractivity contribution in [1.82, 2.24) is 4.90 Å². The standard InChI is InChI=1S/C21H14Cl2N2O2/c22-15-6-7-16(17(23)11-15)19-12-18(13-4-2-1-3-5-13)24-20-10-14(21(26)27)8-9-25(19)20/h1-8,10-12H,9H2,(H,26,27). The molecule has 0 radical (unpaired) electrons. The molecule has 0 saturated heterocycles. The quantitative estimate of drug-likeness (QED) is 0.793. The second-order valence-corrected chi connectivity index (χ2v) is 6.94. The van der Waals surface area contributed by atoms with Crippen molar-refractivity contribution in [2.45, 2.75) is 0 Å². The largest absolute Gasteiger partial charge is 0.478 e. The highest BCUT2D eigenvalue weighted by atomic mass is 35.5. The van der Waals surface area contributed by atoms with Crippen molar-refractivity contribution in [2.24, 2.45) is 4.99 Å². The van der Waals surface area contributed by atoms with E-state index >= 15 is 0 Å². The van der Waals surface area contributed by atoms with Gasteiger partial charge < -0.3 is 10.0 Å². The maximum absolute atomic E-state index is 11.4. The zero-order chi connectivity index (χ0) is 19.0. The van der Waals surface area contributed by atoms with Crippen molar-refractivity contribution in [3.05, 3.63) is 99.3 Å². The van der Waals surface area contributed by atoms with Gasteiger partial charge in [-0.15, -0.1) is 0 Å². The minimum atomic E-state index is -0.973. The van der Waals surface area contributed by atoms with Crippen molar-refractivity contribution in [3.8, 4) is 0 Å². The molecule has 0 saturated carbocycles. The molecule has 0 atom stereocenters. The van der Waals surface area contributed by atoms with E-state index in [0.29, 0.717) is 22.4 Å². The number of rotatable bonds is 3. The lowest BCUT2D eigenvalue weighted by Crippen LogP contribution is -2.29. The van der Waals surface area contributed by atoms with Gasteiger partial charge in [0.2, 0.25) is 0 Å². The van der Waals surface area contributed by atoms with Crippen LogP contribution in [0.25, 0.3) is 5.70 Å². The van der Waals surface area contributed by atoms with E-state index in [1.165, 1.54) is 0 Å². The highest BCUT2D eigenvalue weighted by molar-refractivity contribution is 6.36. The van der Waals surface area contributed by atoms with Crippen LogP contribution in [0, 0.1) is 0 Å². The number of aliphatic carboxylic acids is 1. The third-order valence-electron chi connectivity index (χ3n) is 4.38. The van der Waals surface area contributed by atoms with E-state index in [-0.39, 0.29) is 5.57 Å². The second-order valence-electron chi connectivity index (χ2n) is 6.09. The minimum absolute atomic E-state index is 0.223. The van der Waals surface area contributed by atoms with Crippen LogP contribution in [-0.4, -0.2) is 28.2 Å². The van der Waals surface area contributed by atoms with Gasteiger partial charge in [-0.2, -0.15) is 0 Å². The van der Waals surface area contributed by atoms with Crippen LogP contribution in [0.2, 0.25) is 10.0 Å². The Morgan fingerprint density at radius 1 is 1.07 bits per heavy atom. The predicted octanol–water partition coefficient (Wildman–Crippen LogP) is 5.01. The molecule has 0 aliphatic carbocycles. The number of hydrogen-bond donors (Lipinski definition) is 1. The molecule has 2 aliphatic heterocycles. The lowest BCUT2D eigenvalue weighted by Gasteiger charge is -2.33. The lowest BCUT2D eigenvalue weighted by atomic mass is 10.0. The zero-order valence-electron chi connectivity index (χ0n) is 14.1. The van der Waals surface area contributed by atoms with E-state index in [0.717, 1.165) is 22.5 Å². The van der Waals surface area contributed by atoms with Crippen molar-refractivity contribution in [1.29, 1.82) is 0 Å². The third kappa shape index (κ3) is 3.42. The van der Waals surface area contributed by atoms with E-state index in [1.807, 2.05) is 47.4 Å². The summed E-state index contributed by atoms with van der Waals surface area (Å²) in [5.41, 5.74) is 3.55. The van der Waals surface area contributed by atoms with Crippen LogP contribution < -0.4 is 0 Å². The van der Waals surface area contributed by atoms with Gasteiger partial charge in [0, 0.05) is 22.7 Å². The maximum Gasteiger partial charge on any atom is 0.335 e. The van der Waals surface area contributed by atoms with Crippen molar-refractivity contribution < 1.29 is 9.90 Å². The molecule has 2 aliphatic rings. The zero-order valence-corrected chi connectivity index (χ0v) is 15.6. The number of hydrogen-bond acceptors (Lipinski definition) is 3. The summed E-state index contributed by atoms with van der Waals surface area (Å²) in [5, 5.41) is 10.4. The molecule has 134 valence electrons. The highest BCUT2D eigenvalue weighted by Gasteiger charge is 2.26. The molecule has 2 heterocycles. The van der Waals surface area contributed by atoms with Gasteiger partial charge in [0.05, 0.1) is 22.0 Å². The number of fused-ring (bicyclic) bond motifs is 1. The Morgan fingerprint density at radius 2 is 1.85 bits per heavy atom. The molecule has 1 N–H and O–H groups in total. The third-order valence-corrected chi connectivity index (χ3v) is 4.93. The first-order chi connectivity index (χ1) is 13.0. The fraction of sp³-hybridized carbons (Fsp3) is 0.0476. The Kier molecular flexibility index (Phi) is 4.60. The summed E-state index contributed by atoms with van der Waals surface area (Å²) in [5.74, 6) is -0.406. The number of allylic oxidation sites excluding steroid dienone is 1. The number of aliphatic imine (C=N–C) groups is 1. The van der Waals surface area contributed by atoms with Crippen LogP contribution in [-0.2, 0) is 4.79 Å². The first-order valence-electron chi connectivity index (χ1n) is 8.27. The van der Waals surface area contributed by atoms with Crippen molar-refractivity contribution in [3.63, 3.8) is 0 Å². The molecule has 2 aromatic carbocycles. The average Bonchev–Trinajstić information content (AvgIpc) is 2.67. The molecule has 4 nitrogen and oxygen atoms in total. The number of halogens is 2. The second kappa shape index (κ2) is 7.06. The Labute approximate surface area is 166 Å². The van der Waals surface area contributed by atoms with E-state index in [2.05, 4.69) is 4.99 Å². The summed E-state index contributed by atoms with van der Waals surface area (Å²) < 4.78 is 0. The van der Waals surface area contributed by atoms with Gasteiger partial charge in [0.1, 0.15) is 5.82 Å². The first kappa shape index (κ1) is 17.6. The smallest absolute Gasteiger partial charge is 0.335 e. The first-order valence-corrected chi connectivity index (χ1v) is 9.02. The topological polar surface area (TPSA) is 52.9 Å². The van der Waals surface area contributed by atoms with E-state index in [4.69, 9.17) is 23.2 Å². The van der Waals surface area contributed by atoms with Gasteiger partial charge in [0.25, 0.3) is 0 Å². The van der Waals surface area contributed by atoms with Gasteiger partial charge in [-0.1, -0.05) is 59.6 Å². The average molecular weight is 397 g/mol. The SMILES string of the molecule is O=C(O)C1=CCN2C(=C1)N=C(c1ccccc1)C=C2c1ccc(Cl)cc1Cl. The Balaban J connectivity index is 1.87. The molecular formula is C21H14Cl2N2O2. The predicted molar refractivity (Wildman–Crippen MR) is 108 cm³/mol. The lowest BCUT2D eigenvalue weighted by molar-refractivity contribution is -0.132. The molecule has 4 rings (SSSR count). The molecule has 0 bridgehead atoms. The van der Waals surface area contributed by atoms with Crippen LogP contribution in [0.4, 0.5) is 0 Å². The van der Waals surface area contributed by atoms with Crippen LogP contribution in [0.5, 0.6) is 0 Å². The summed E-state index contributed by atoms with van der Waals surface area (Å²) in [7, 11) is 0. The molecule has 0 aromatic heterocycles. The summed E-state index contributed by atoms with van der Waals surface area (Å²) >= 11 is 12.5. The Hall–Kier alpha value is -2.82. The number of carbonyl (C=O) groups is 1. The fourth-order valence-corrected chi connectivity index (χ4v) is 3.57. The Bertz CT molecular complexity index is 1050. The van der Waals surface area contributed by atoms with E-state index in [1.54, 1.807) is 24.3 Å². The summed E-state index contributed by atoms with van der Waals surface area (Å²) in [6, 6.07) is 15.1. The van der Waals surface area contributed by atoms with E-state index in [9.17, 15) is 9.90 Å².